The van der Waals surface area contributed by atoms with Gasteiger partial charge >= 0.3 is 0 Å². The zero-order valence-corrected chi connectivity index (χ0v) is 12.1. The Hall–Kier alpha value is -1.64. The van der Waals surface area contributed by atoms with Crippen LogP contribution >= 0.6 is 11.3 Å². The van der Waals surface area contributed by atoms with Crippen molar-refractivity contribution in [2.75, 3.05) is 0 Å². The van der Waals surface area contributed by atoms with Crippen LogP contribution in [0.15, 0.2) is 53.9 Å². The minimum atomic E-state index is 0.773. The first kappa shape index (κ1) is 12.1. The monoisotopic (exact) mass is 279 g/mol. The molecule has 1 aliphatic rings. The maximum absolute atomic E-state index is 3.56. The lowest BCUT2D eigenvalue weighted by atomic mass is 10.0. The van der Waals surface area contributed by atoms with Gasteiger partial charge < -0.3 is 5.32 Å². The fraction of sp³-hybridized carbons (Fsp3) is 0.222. The Morgan fingerprint density at radius 1 is 1.00 bits per heavy atom. The molecule has 2 heteroatoms. The minimum Gasteiger partial charge on any atom is -0.310 e. The largest absolute Gasteiger partial charge is 0.310 e. The highest BCUT2D eigenvalue weighted by Gasteiger charge is 2.19. The average molecular weight is 279 g/mol. The Kier molecular flexibility index (Phi) is 3.06. The fourth-order valence-electron chi connectivity index (χ4n) is 2.57. The highest BCUT2D eigenvalue weighted by molar-refractivity contribution is 7.17. The zero-order valence-electron chi connectivity index (χ0n) is 11.3. The van der Waals surface area contributed by atoms with Crippen molar-refractivity contribution in [3.8, 4) is 11.1 Å². The maximum Gasteiger partial charge on any atom is 0.0421 e. The van der Waals surface area contributed by atoms with Crippen LogP contribution in [0, 0.1) is 0 Å². The molecule has 0 bridgehead atoms. The lowest BCUT2D eigenvalue weighted by molar-refractivity contribution is 0.688. The zero-order chi connectivity index (χ0) is 13.4. The van der Waals surface area contributed by atoms with Gasteiger partial charge in [0.05, 0.1) is 0 Å². The number of hydrogen-bond donors (Lipinski definition) is 1. The van der Waals surface area contributed by atoms with Gasteiger partial charge in [0.25, 0.3) is 0 Å². The van der Waals surface area contributed by atoms with Crippen LogP contribution in [0.2, 0.25) is 0 Å². The van der Waals surface area contributed by atoms with Gasteiger partial charge in [0.1, 0.15) is 0 Å². The van der Waals surface area contributed by atoms with Gasteiger partial charge in [0.2, 0.25) is 0 Å². The van der Waals surface area contributed by atoms with Crippen molar-refractivity contribution < 1.29 is 0 Å². The van der Waals surface area contributed by atoms with Gasteiger partial charge in [-0.05, 0) is 46.4 Å². The second kappa shape index (κ2) is 5.04. The lowest BCUT2D eigenvalue weighted by Crippen LogP contribution is -2.14. The first-order chi connectivity index (χ1) is 9.90. The van der Waals surface area contributed by atoms with Gasteiger partial charge in [0, 0.05) is 17.3 Å². The highest BCUT2D eigenvalue weighted by atomic mass is 32.1. The number of nitrogens with one attached hydrogen (secondary N) is 1. The summed E-state index contributed by atoms with van der Waals surface area (Å²) in [5, 5.41) is 7.07. The van der Waals surface area contributed by atoms with E-state index < -0.39 is 0 Å². The van der Waals surface area contributed by atoms with E-state index >= 15 is 0 Å². The van der Waals surface area contributed by atoms with Crippen molar-refractivity contribution >= 4 is 21.4 Å². The smallest absolute Gasteiger partial charge is 0.0421 e. The van der Waals surface area contributed by atoms with E-state index in [9.17, 15) is 0 Å². The summed E-state index contributed by atoms with van der Waals surface area (Å²) >= 11 is 1.82. The standard InChI is InChI=1S/C18H17NS/c1-2-15-10-11-20-18(15)17(3-1)14-6-4-13(5-7-14)12-19-16-8-9-16/h1-7,10-11,16,19H,8-9,12H2. The molecule has 1 fully saturated rings. The Balaban J connectivity index is 1.62. The summed E-state index contributed by atoms with van der Waals surface area (Å²) in [6, 6.07) is 18.5. The van der Waals surface area contributed by atoms with Crippen molar-refractivity contribution in [3.05, 3.63) is 59.5 Å². The molecular weight excluding hydrogens is 262 g/mol. The summed E-state index contributed by atoms with van der Waals surface area (Å²) < 4.78 is 1.39. The third kappa shape index (κ3) is 2.37. The second-order valence-corrected chi connectivity index (χ2v) is 6.41. The topological polar surface area (TPSA) is 12.0 Å². The average Bonchev–Trinajstić information content (AvgIpc) is 3.20. The number of rotatable bonds is 4. The van der Waals surface area contributed by atoms with Crippen LogP contribution < -0.4 is 5.32 Å². The molecule has 0 amide bonds. The van der Waals surface area contributed by atoms with E-state index in [0.29, 0.717) is 0 Å². The molecule has 3 aromatic rings. The van der Waals surface area contributed by atoms with Gasteiger partial charge in [-0.2, -0.15) is 0 Å². The molecule has 0 radical (unpaired) electrons. The molecule has 0 atom stereocenters. The SMILES string of the molecule is c1cc(-c2ccc(CNC3CC3)cc2)c2sccc2c1. The molecule has 1 nitrogen and oxygen atoms in total. The molecule has 0 unspecified atom stereocenters. The number of hydrogen-bond acceptors (Lipinski definition) is 2. The van der Waals surface area contributed by atoms with E-state index in [1.165, 1.54) is 39.6 Å². The second-order valence-electron chi connectivity index (χ2n) is 5.50. The molecule has 20 heavy (non-hydrogen) atoms. The first-order valence-corrected chi connectivity index (χ1v) is 8.07. The van der Waals surface area contributed by atoms with E-state index in [2.05, 4.69) is 59.2 Å². The van der Waals surface area contributed by atoms with Gasteiger partial charge in [-0.15, -0.1) is 11.3 Å². The molecule has 1 heterocycles. The molecule has 2 aromatic carbocycles. The summed E-state index contributed by atoms with van der Waals surface area (Å²) in [5.74, 6) is 0. The van der Waals surface area contributed by atoms with Gasteiger partial charge in [-0.1, -0.05) is 42.5 Å². The Bertz CT molecular complexity index is 723. The molecule has 1 aliphatic carbocycles. The fourth-order valence-corrected chi connectivity index (χ4v) is 3.51. The third-order valence-corrected chi connectivity index (χ3v) is 4.88. The number of fused-ring (bicyclic) bond motifs is 1. The molecule has 100 valence electrons. The number of benzene rings is 2. The quantitative estimate of drug-likeness (QED) is 0.722. The molecule has 1 saturated carbocycles. The van der Waals surface area contributed by atoms with E-state index in [4.69, 9.17) is 0 Å². The highest BCUT2D eigenvalue weighted by Crippen LogP contribution is 2.32. The molecule has 0 aliphatic heterocycles. The predicted octanol–water partition coefficient (Wildman–Crippen LogP) is 4.82. The summed E-state index contributed by atoms with van der Waals surface area (Å²) in [6.45, 7) is 0.994. The van der Waals surface area contributed by atoms with Crippen molar-refractivity contribution in [1.82, 2.24) is 5.32 Å². The van der Waals surface area contributed by atoms with Crippen LogP contribution in [0.4, 0.5) is 0 Å². The normalized spacial score (nSPS) is 14.8. The molecule has 0 spiro atoms. The van der Waals surface area contributed by atoms with E-state index in [1.807, 2.05) is 11.3 Å². The Labute approximate surface area is 123 Å². The summed E-state index contributed by atoms with van der Waals surface area (Å²) in [6.07, 6.45) is 2.69. The third-order valence-electron chi connectivity index (χ3n) is 3.92. The van der Waals surface area contributed by atoms with E-state index in [1.54, 1.807) is 0 Å². The Morgan fingerprint density at radius 2 is 1.85 bits per heavy atom. The van der Waals surface area contributed by atoms with Crippen LogP contribution in [-0.4, -0.2) is 6.04 Å². The van der Waals surface area contributed by atoms with Crippen LogP contribution in [-0.2, 0) is 6.54 Å². The van der Waals surface area contributed by atoms with Crippen LogP contribution in [0.25, 0.3) is 21.2 Å². The van der Waals surface area contributed by atoms with Gasteiger partial charge in [-0.3, -0.25) is 0 Å². The van der Waals surface area contributed by atoms with Crippen molar-refractivity contribution in [2.24, 2.45) is 0 Å². The van der Waals surface area contributed by atoms with Gasteiger partial charge in [0.15, 0.2) is 0 Å². The molecule has 1 aromatic heterocycles. The number of thiophene rings is 1. The van der Waals surface area contributed by atoms with Gasteiger partial charge in [-0.25, -0.2) is 0 Å². The molecule has 1 N–H and O–H groups in total. The minimum absolute atomic E-state index is 0.773. The maximum atomic E-state index is 3.56. The van der Waals surface area contributed by atoms with Crippen molar-refractivity contribution in [3.63, 3.8) is 0 Å². The summed E-state index contributed by atoms with van der Waals surface area (Å²) in [5.41, 5.74) is 4.03. The Morgan fingerprint density at radius 3 is 2.65 bits per heavy atom. The van der Waals surface area contributed by atoms with E-state index in [0.717, 1.165) is 12.6 Å². The molecule has 0 saturated heterocycles. The summed E-state index contributed by atoms with van der Waals surface area (Å²) in [4.78, 5) is 0. The molecule has 4 rings (SSSR count). The van der Waals surface area contributed by atoms with E-state index in [-0.39, 0.29) is 0 Å². The predicted molar refractivity (Wildman–Crippen MR) is 87.1 cm³/mol. The van der Waals surface area contributed by atoms with Crippen LogP contribution in [0.1, 0.15) is 18.4 Å². The summed E-state index contributed by atoms with van der Waals surface area (Å²) in [7, 11) is 0. The first-order valence-electron chi connectivity index (χ1n) is 7.19. The lowest BCUT2D eigenvalue weighted by Gasteiger charge is -2.06. The van der Waals surface area contributed by atoms with Crippen molar-refractivity contribution in [2.45, 2.75) is 25.4 Å². The molecular formula is C18H17NS. The van der Waals surface area contributed by atoms with Crippen LogP contribution in [0.5, 0.6) is 0 Å². The van der Waals surface area contributed by atoms with Crippen molar-refractivity contribution in [1.29, 1.82) is 0 Å². The van der Waals surface area contributed by atoms with Crippen LogP contribution in [0.3, 0.4) is 0 Å².